The second kappa shape index (κ2) is 6.04. The van der Waals surface area contributed by atoms with Gasteiger partial charge in [-0.1, -0.05) is 6.07 Å². The molecule has 0 unspecified atom stereocenters. The largest absolute Gasteiger partial charge is 0.449 e. The molecule has 0 bridgehead atoms. The Morgan fingerprint density at radius 2 is 1.70 bits per heavy atom. The molecule has 1 aliphatic rings. The first-order chi connectivity index (χ1) is 10.9. The van der Waals surface area contributed by atoms with Crippen molar-refractivity contribution in [3.05, 3.63) is 42.5 Å². The van der Waals surface area contributed by atoms with E-state index < -0.39 is 5.79 Å². The monoisotopic (exact) mass is 330 g/mol. The van der Waals surface area contributed by atoms with Gasteiger partial charge < -0.3 is 20.1 Å². The maximum absolute atomic E-state index is 12.1. The van der Waals surface area contributed by atoms with E-state index in [1.54, 1.807) is 30.0 Å². The second-order valence-corrected chi connectivity index (χ2v) is 6.46. The van der Waals surface area contributed by atoms with Gasteiger partial charge in [0.2, 0.25) is 5.79 Å². The standard InChI is InChI=1S/C17H18N2O3S/c1-17(2)21-14-8-7-12(10-15(14)22-17)19-16(20)18-11-5-4-6-13(9-11)23-3/h4-10H,1-3H3,(H2,18,19,20). The van der Waals surface area contributed by atoms with Crippen LogP contribution in [0.15, 0.2) is 47.4 Å². The van der Waals surface area contributed by atoms with Crippen LogP contribution in [0.1, 0.15) is 13.8 Å². The lowest BCUT2D eigenvalue weighted by Gasteiger charge is -2.16. The minimum Gasteiger partial charge on any atom is -0.449 e. The number of thioether (sulfide) groups is 1. The van der Waals surface area contributed by atoms with Crippen LogP contribution in [0.5, 0.6) is 11.5 Å². The summed E-state index contributed by atoms with van der Waals surface area (Å²) < 4.78 is 11.3. The van der Waals surface area contributed by atoms with Crippen LogP contribution in [0.25, 0.3) is 0 Å². The third-order valence-corrected chi connectivity index (χ3v) is 3.97. The van der Waals surface area contributed by atoms with Gasteiger partial charge in [-0.2, -0.15) is 0 Å². The molecule has 120 valence electrons. The molecular weight excluding hydrogens is 312 g/mol. The number of carbonyl (C=O) groups excluding carboxylic acids is 1. The zero-order valence-electron chi connectivity index (χ0n) is 13.2. The minimum absolute atomic E-state index is 0.304. The Morgan fingerprint density at radius 3 is 2.43 bits per heavy atom. The van der Waals surface area contributed by atoms with Crippen molar-refractivity contribution in [1.82, 2.24) is 0 Å². The number of rotatable bonds is 3. The maximum atomic E-state index is 12.1. The highest BCUT2D eigenvalue weighted by atomic mass is 32.2. The third kappa shape index (κ3) is 3.71. The first kappa shape index (κ1) is 15.6. The molecule has 23 heavy (non-hydrogen) atoms. The average molecular weight is 330 g/mol. The number of fused-ring (bicyclic) bond motifs is 1. The zero-order chi connectivity index (χ0) is 16.4. The Bertz CT molecular complexity index is 746. The van der Waals surface area contributed by atoms with Crippen molar-refractivity contribution in [3.8, 4) is 11.5 Å². The van der Waals surface area contributed by atoms with Gasteiger partial charge in [0.1, 0.15) is 0 Å². The highest BCUT2D eigenvalue weighted by molar-refractivity contribution is 7.98. The molecule has 0 saturated carbocycles. The fourth-order valence-electron chi connectivity index (χ4n) is 2.29. The first-order valence-corrected chi connectivity index (χ1v) is 8.42. The number of benzene rings is 2. The van der Waals surface area contributed by atoms with Crippen molar-refractivity contribution in [3.63, 3.8) is 0 Å². The quantitative estimate of drug-likeness (QED) is 0.810. The number of anilines is 2. The van der Waals surface area contributed by atoms with E-state index in [2.05, 4.69) is 10.6 Å². The molecule has 2 amide bonds. The SMILES string of the molecule is CSc1cccc(NC(=O)Nc2ccc3c(c2)OC(C)(C)O3)c1. The highest BCUT2D eigenvalue weighted by Crippen LogP contribution is 2.40. The van der Waals surface area contributed by atoms with Crippen LogP contribution >= 0.6 is 11.8 Å². The maximum Gasteiger partial charge on any atom is 0.323 e. The summed E-state index contributed by atoms with van der Waals surface area (Å²) in [6.07, 6.45) is 1.99. The van der Waals surface area contributed by atoms with E-state index in [0.29, 0.717) is 17.2 Å². The van der Waals surface area contributed by atoms with Crippen LogP contribution in [-0.2, 0) is 0 Å². The van der Waals surface area contributed by atoms with Crippen LogP contribution < -0.4 is 20.1 Å². The highest BCUT2D eigenvalue weighted by Gasteiger charge is 2.31. The van der Waals surface area contributed by atoms with E-state index in [1.165, 1.54) is 0 Å². The molecule has 0 saturated heterocycles. The van der Waals surface area contributed by atoms with Gasteiger partial charge in [0.15, 0.2) is 11.5 Å². The molecule has 2 aromatic rings. The van der Waals surface area contributed by atoms with Gasteiger partial charge in [0, 0.05) is 36.2 Å². The molecule has 1 heterocycles. The molecule has 2 N–H and O–H groups in total. The van der Waals surface area contributed by atoms with Gasteiger partial charge in [0.05, 0.1) is 0 Å². The summed E-state index contributed by atoms with van der Waals surface area (Å²) in [5, 5.41) is 5.61. The Balaban J connectivity index is 1.67. The molecule has 5 nitrogen and oxygen atoms in total. The van der Waals surface area contributed by atoms with Crippen LogP contribution in [-0.4, -0.2) is 18.1 Å². The Hall–Kier alpha value is -2.34. The van der Waals surface area contributed by atoms with Gasteiger partial charge in [-0.3, -0.25) is 0 Å². The molecule has 3 rings (SSSR count). The van der Waals surface area contributed by atoms with Crippen LogP contribution in [0.2, 0.25) is 0 Å². The fraction of sp³-hybridized carbons (Fsp3) is 0.235. The Kier molecular flexibility index (Phi) is 4.09. The lowest BCUT2D eigenvalue weighted by molar-refractivity contribution is -0.0431. The molecule has 0 aromatic heterocycles. The summed E-state index contributed by atoms with van der Waals surface area (Å²) in [7, 11) is 0. The van der Waals surface area contributed by atoms with Gasteiger partial charge in [-0.25, -0.2) is 4.79 Å². The number of urea groups is 1. The van der Waals surface area contributed by atoms with E-state index in [9.17, 15) is 4.79 Å². The van der Waals surface area contributed by atoms with Gasteiger partial charge >= 0.3 is 6.03 Å². The summed E-state index contributed by atoms with van der Waals surface area (Å²) in [5.41, 5.74) is 1.39. The summed E-state index contributed by atoms with van der Waals surface area (Å²) in [4.78, 5) is 13.2. The number of amides is 2. The predicted octanol–water partition coefficient (Wildman–Crippen LogP) is 4.56. The number of hydrogen-bond donors (Lipinski definition) is 2. The summed E-state index contributed by atoms with van der Waals surface area (Å²) in [5.74, 6) is 0.618. The van der Waals surface area contributed by atoms with E-state index >= 15 is 0 Å². The Morgan fingerprint density at radius 1 is 1.00 bits per heavy atom. The Labute approximate surface area is 139 Å². The molecular formula is C17H18N2O3S. The van der Waals surface area contributed by atoms with Crippen molar-refractivity contribution in [1.29, 1.82) is 0 Å². The summed E-state index contributed by atoms with van der Waals surface area (Å²) in [6.45, 7) is 3.68. The van der Waals surface area contributed by atoms with Crippen LogP contribution in [0, 0.1) is 0 Å². The molecule has 6 heteroatoms. The molecule has 0 radical (unpaired) electrons. The van der Waals surface area contributed by atoms with Crippen molar-refractivity contribution >= 4 is 29.2 Å². The lowest BCUT2D eigenvalue weighted by atomic mass is 10.3. The molecule has 2 aromatic carbocycles. The van der Waals surface area contributed by atoms with Gasteiger partial charge in [0.25, 0.3) is 0 Å². The predicted molar refractivity (Wildman–Crippen MR) is 92.6 cm³/mol. The fourth-order valence-corrected chi connectivity index (χ4v) is 2.75. The second-order valence-electron chi connectivity index (χ2n) is 5.58. The minimum atomic E-state index is -0.679. The van der Waals surface area contributed by atoms with E-state index in [0.717, 1.165) is 10.6 Å². The van der Waals surface area contributed by atoms with Crippen LogP contribution in [0.4, 0.5) is 16.2 Å². The number of carbonyl (C=O) groups is 1. The van der Waals surface area contributed by atoms with Crippen molar-refractivity contribution in [2.45, 2.75) is 24.5 Å². The molecule has 0 fully saturated rings. The third-order valence-electron chi connectivity index (χ3n) is 3.24. The lowest BCUT2D eigenvalue weighted by Crippen LogP contribution is -2.29. The van der Waals surface area contributed by atoms with E-state index in [1.807, 2.05) is 44.4 Å². The van der Waals surface area contributed by atoms with E-state index in [4.69, 9.17) is 9.47 Å². The number of nitrogens with one attached hydrogen (secondary N) is 2. The molecule has 0 spiro atoms. The number of hydrogen-bond acceptors (Lipinski definition) is 4. The topological polar surface area (TPSA) is 59.6 Å². The average Bonchev–Trinajstić information content (AvgIpc) is 2.80. The number of ether oxygens (including phenoxy) is 2. The van der Waals surface area contributed by atoms with Crippen LogP contribution in [0.3, 0.4) is 0 Å². The zero-order valence-corrected chi connectivity index (χ0v) is 14.0. The van der Waals surface area contributed by atoms with Crippen molar-refractivity contribution in [2.75, 3.05) is 16.9 Å². The van der Waals surface area contributed by atoms with E-state index in [-0.39, 0.29) is 6.03 Å². The van der Waals surface area contributed by atoms with Crippen molar-refractivity contribution in [2.24, 2.45) is 0 Å². The summed E-state index contributed by atoms with van der Waals surface area (Å²) in [6, 6.07) is 12.7. The van der Waals surface area contributed by atoms with Gasteiger partial charge in [-0.15, -0.1) is 11.8 Å². The normalized spacial score (nSPS) is 14.4. The molecule has 1 aliphatic heterocycles. The van der Waals surface area contributed by atoms with Gasteiger partial charge in [-0.05, 0) is 36.6 Å². The summed E-state index contributed by atoms with van der Waals surface area (Å²) >= 11 is 1.63. The van der Waals surface area contributed by atoms with Crippen molar-refractivity contribution < 1.29 is 14.3 Å². The first-order valence-electron chi connectivity index (χ1n) is 7.19. The molecule has 0 atom stereocenters. The molecule has 0 aliphatic carbocycles. The smallest absolute Gasteiger partial charge is 0.323 e.